The van der Waals surface area contributed by atoms with Gasteiger partial charge in [-0.25, -0.2) is 30.4 Å². The Kier molecular flexibility index (Phi) is 6.35. The standard InChI is InChI=1S/C19H17F5N2O4S/c20-13-6-4-12(9-15(13)22)25-18(28)11-3-5-14(21)16(8-11)31(29,30)26-7-1-2-17(27)19(23,24)10-26/h3-6,8-9,17,27H,1-2,7,10H2,(H,25,28). The molecule has 1 amide bonds. The molecule has 12 heteroatoms. The second-order valence-corrected chi connectivity index (χ2v) is 8.89. The molecule has 1 fully saturated rings. The van der Waals surface area contributed by atoms with Crippen LogP contribution in [0.2, 0.25) is 0 Å². The Morgan fingerprint density at radius 2 is 1.74 bits per heavy atom. The molecule has 1 unspecified atom stereocenters. The number of aliphatic hydroxyl groups is 1. The third-order valence-corrected chi connectivity index (χ3v) is 6.61. The first-order valence-corrected chi connectivity index (χ1v) is 10.5. The zero-order valence-electron chi connectivity index (χ0n) is 15.8. The number of halogens is 5. The smallest absolute Gasteiger partial charge is 0.286 e. The first-order valence-electron chi connectivity index (χ1n) is 9.04. The van der Waals surface area contributed by atoms with Crippen molar-refractivity contribution in [3.05, 3.63) is 59.4 Å². The fourth-order valence-corrected chi connectivity index (χ4v) is 4.64. The van der Waals surface area contributed by atoms with Gasteiger partial charge in [-0.2, -0.15) is 4.31 Å². The SMILES string of the molecule is O=C(Nc1ccc(F)c(F)c1)c1ccc(F)c(S(=O)(=O)N2CCCC(O)C(F)(F)C2)c1. The van der Waals surface area contributed by atoms with Gasteiger partial charge in [0.05, 0.1) is 6.54 Å². The molecule has 2 aromatic carbocycles. The van der Waals surface area contributed by atoms with Gasteiger partial charge in [-0.15, -0.1) is 0 Å². The van der Waals surface area contributed by atoms with Gasteiger partial charge in [-0.3, -0.25) is 4.79 Å². The fraction of sp³-hybridized carbons (Fsp3) is 0.316. The molecule has 1 aliphatic heterocycles. The lowest BCUT2D eigenvalue weighted by Crippen LogP contribution is -2.44. The monoisotopic (exact) mass is 464 g/mol. The summed E-state index contributed by atoms with van der Waals surface area (Å²) in [4.78, 5) is 11.4. The van der Waals surface area contributed by atoms with Crippen LogP contribution >= 0.6 is 0 Å². The van der Waals surface area contributed by atoms with Crippen molar-refractivity contribution in [2.24, 2.45) is 0 Å². The average molecular weight is 464 g/mol. The van der Waals surface area contributed by atoms with Gasteiger partial charge in [0.15, 0.2) is 11.6 Å². The van der Waals surface area contributed by atoms with Crippen LogP contribution in [0.4, 0.5) is 27.6 Å². The Balaban J connectivity index is 1.90. The van der Waals surface area contributed by atoms with E-state index in [0.717, 1.165) is 18.2 Å². The number of rotatable bonds is 4. The summed E-state index contributed by atoms with van der Waals surface area (Å²) in [6.45, 7) is -1.72. The number of carbonyl (C=O) groups excluding carboxylic acids is 1. The number of sulfonamides is 1. The molecule has 0 spiro atoms. The predicted molar refractivity (Wildman–Crippen MR) is 99.7 cm³/mol. The van der Waals surface area contributed by atoms with Gasteiger partial charge >= 0.3 is 0 Å². The number of anilines is 1. The zero-order valence-corrected chi connectivity index (χ0v) is 16.6. The summed E-state index contributed by atoms with van der Waals surface area (Å²) in [5.74, 6) is -8.34. The molecule has 2 aromatic rings. The van der Waals surface area contributed by atoms with Gasteiger partial charge in [0.25, 0.3) is 11.8 Å². The molecule has 0 saturated carbocycles. The average Bonchev–Trinajstić information content (AvgIpc) is 2.83. The molecule has 0 aliphatic carbocycles. The van der Waals surface area contributed by atoms with E-state index in [9.17, 15) is 40.3 Å². The van der Waals surface area contributed by atoms with Crippen molar-refractivity contribution >= 4 is 21.6 Å². The summed E-state index contributed by atoms with van der Waals surface area (Å²) in [6, 6.07) is 4.81. The molecule has 6 nitrogen and oxygen atoms in total. The van der Waals surface area contributed by atoms with E-state index in [1.54, 1.807) is 0 Å². The second kappa shape index (κ2) is 8.52. The third kappa shape index (κ3) is 4.86. The molecular weight excluding hydrogens is 447 g/mol. The lowest BCUT2D eigenvalue weighted by Gasteiger charge is -2.25. The molecule has 1 atom stereocenters. The highest BCUT2D eigenvalue weighted by Gasteiger charge is 2.45. The third-order valence-electron chi connectivity index (χ3n) is 4.75. The molecule has 0 bridgehead atoms. The number of hydrogen-bond donors (Lipinski definition) is 2. The Morgan fingerprint density at radius 3 is 2.42 bits per heavy atom. The molecule has 1 aliphatic rings. The van der Waals surface area contributed by atoms with Crippen molar-refractivity contribution in [2.45, 2.75) is 29.8 Å². The predicted octanol–water partition coefficient (Wildman–Crippen LogP) is 3.14. The summed E-state index contributed by atoms with van der Waals surface area (Å²) >= 11 is 0. The number of hydrogen-bond acceptors (Lipinski definition) is 4. The maximum absolute atomic E-state index is 14.3. The maximum atomic E-state index is 14.3. The highest BCUT2D eigenvalue weighted by atomic mass is 32.2. The Bertz CT molecular complexity index is 1110. The molecule has 2 N–H and O–H groups in total. The second-order valence-electron chi connectivity index (χ2n) is 6.99. The maximum Gasteiger partial charge on any atom is 0.286 e. The zero-order chi connectivity index (χ0) is 23.0. The van der Waals surface area contributed by atoms with Gasteiger partial charge in [0.2, 0.25) is 10.0 Å². The van der Waals surface area contributed by atoms with Crippen molar-refractivity contribution in [3.63, 3.8) is 0 Å². The summed E-state index contributed by atoms with van der Waals surface area (Å²) < 4.78 is 94.6. The van der Waals surface area contributed by atoms with E-state index in [2.05, 4.69) is 5.32 Å². The molecule has 1 heterocycles. The van der Waals surface area contributed by atoms with Crippen LogP contribution in [0.3, 0.4) is 0 Å². The summed E-state index contributed by atoms with van der Waals surface area (Å²) in [5, 5.41) is 11.7. The molecule has 31 heavy (non-hydrogen) atoms. The van der Waals surface area contributed by atoms with Crippen LogP contribution in [0.25, 0.3) is 0 Å². The number of benzene rings is 2. The van der Waals surface area contributed by atoms with E-state index < -0.39 is 56.8 Å². The van der Waals surface area contributed by atoms with Crippen LogP contribution < -0.4 is 5.32 Å². The summed E-state index contributed by atoms with van der Waals surface area (Å²) in [7, 11) is -4.77. The van der Waals surface area contributed by atoms with Gasteiger partial charge < -0.3 is 10.4 Å². The molecule has 1 saturated heterocycles. The fourth-order valence-electron chi connectivity index (χ4n) is 3.06. The highest BCUT2D eigenvalue weighted by molar-refractivity contribution is 7.89. The van der Waals surface area contributed by atoms with E-state index in [-0.39, 0.29) is 30.6 Å². The van der Waals surface area contributed by atoms with E-state index in [1.165, 1.54) is 0 Å². The van der Waals surface area contributed by atoms with Crippen molar-refractivity contribution in [3.8, 4) is 0 Å². The normalized spacial score (nSPS) is 19.6. The Hall–Kier alpha value is -2.57. The van der Waals surface area contributed by atoms with Gasteiger partial charge in [-0.05, 0) is 43.2 Å². The number of amides is 1. The van der Waals surface area contributed by atoms with E-state index in [1.807, 2.05) is 0 Å². The Labute approximate surface area is 174 Å². The summed E-state index contributed by atoms with van der Waals surface area (Å²) in [5.41, 5.74) is -0.495. The number of nitrogens with zero attached hydrogens (tertiary/aromatic N) is 1. The molecule has 3 rings (SSSR count). The highest BCUT2D eigenvalue weighted by Crippen LogP contribution is 2.31. The van der Waals surface area contributed by atoms with Crippen LogP contribution in [0, 0.1) is 17.5 Å². The van der Waals surface area contributed by atoms with Crippen LogP contribution in [-0.4, -0.2) is 48.9 Å². The first-order chi connectivity index (χ1) is 14.4. The van der Waals surface area contributed by atoms with Crippen LogP contribution in [0.5, 0.6) is 0 Å². The Morgan fingerprint density at radius 1 is 1.06 bits per heavy atom. The van der Waals surface area contributed by atoms with E-state index in [0.29, 0.717) is 22.5 Å². The number of alkyl halides is 2. The summed E-state index contributed by atoms with van der Waals surface area (Å²) in [6.07, 6.45) is -2.45. The van der Waals surface area contributed by atoms with Crippen molar-refractivity contribution < 1.29 is 40.3 Å². The van der Waals surface area contributed by atoms with Crippen LogP contribution in [0.1, 0.15) is 23.2 Å². The number of nitrogens with one attached hydrogen (secondary N) is 1. The molecule has 168 valence electrons. The van der Waals surface area contributed by atoms with Gasteiger partial charge in [-0.1, -0.05) is 0 Å². The lowest BCUT2D eigenvalue weighted by molar-refractivity contribution is -0.109. The van der Waals surface area contributed by atoms with Crippen molar-refractivity contribution in [1.29, 1.82) is 0 Å². The van der Waals surface area contributed by atoms with Gasteiger partial charge in [0, 0.05) is 23.9 Å². The largest absolute Gasteiger partial charge is 0.387 e. The van der Waals surface area contributed by atoms with E-state index >= 15 is 0 Å². The minimum absolute atomic E-state index is 0.0755. The van der Waals surface area contributed by atoms with Crippen molar-refractivity contribution in [1.82, 2.24) is 4.31 Å². The van der Waals surface area contributed by atoms with Crippen LogP contribution in [0.15, 0.2) is 41.3 Å². The van der Waals surface area contributed by atoms with E-state index in [4.69, 9.17) is 0 Å². The molecule has 0 aromatic heterocycles. The number of aliphatic hydroxyl groups excluding tert-OH is 1. The number of carbonyl (C=O) groups is 1. The lowest BCUT2D eigenvalue weighted by atomic mass is 10.1. The van der Waals surface area contributed by atoms with Crippen molar-refractivity contribution in [2.75, 3.05) is 18.4 Å². The van der Waals surface area contributed by atoms with Crippen LogP contribution in [-0.2, 0) is 10.0 Å². The minimum atomic E-state index is -4.77. The minimum Gasteiger partial charge on any atom is -0.387 e. The molecule has 0 radical (unpaired) electrons. The topological polar surface area (TPSA) is 86.7 Å². The van der Waals surface area contributed by atoms with Gasteiger partial charge in [0.1, 0.15) is 16.8 Å². The quantitative estimate of drug-likeness (QED) is 0.681. The molecular formula is C19H17F5N2O4S. The first kappa shape index (κ1) is 23.1.